The second-order valence-electron chi connectivity index (χ2n) is 7.61. The topological polar surface area (TPSA) is 70.2 Å². The number of nitrogens with zero attached hydrogens (tertiary/aromatic N) is 3. The van der Waals surface area contributed by atoms with Gasteiger partial charge in [0.05, 0.1) is 25.2 Å². The van der Waals surface area contributed by atoms with Crippen LogP contribution in [0.1, 0.15) is 19.8 Å². The second kappa shape index (κ2) is 9.13. The van der Waals surface area contributed by atoms with Crippen LogP contribution in [0.25, 0.3) is 0 Å². The maximum absolute atomic E-state index is 12.9. The van der Waals surface area contributed by atoms with Gasteiger partial charge in [-0.15, -0.1) is 0 Å². The zero-order valence-electron chi connectivity index (χ0n) is 16.8. The molecule has 28 heavy (non-hydrogen) atoms. The SMILES string of the molecule is CCCN(C(=O)CN1CCN(c2cccc(OC)c2)CC1)[C@@H]1CCS(=O)(=O)C1. The normalized spacial score (nSPS) is 22.2. The molecule has 156 valence electrons. The van der Waals surface area contributed by atoms with Gasteiger partial charge in [0.2, 0.25) is 5.91 Å². The van der Waals surface area contributed by atoms with Crippen LogP contribution in [0.4, 0.5) is 5.69 Å². The third kappa shape index (κ3) is 5.17. The van der Waals surface area contributed by atoms with Gasteiger partial charge in [0.1, 0.15) is 5.75 Å². The molecule has 0 radical (unpaired) electrons. The first kappa shape index (κ1) is 20.9. The Hall–Kier alpha value is -1.80. The van der Waals surface area contributed by atoms with Crippen molar-refractivity contribution >= 4 is 21.4 Å². The van der Waals surface area contributed by atoms with Gasteiger partial charge < -0.3 is 14.5 Å². The summed E-state index contributed by atoms with van der Waals surface area (Å²) in [5.74, 6) is 1.21. The predicted molar refractivity (Wildman–Crippen MR) is 111 cm³/mol. The molecule has 0 saturated carbocycles. The fraction of sp³-hybridized carbons (Fsp3) is 0.650. The van der Waals surface area contributed by atoms with Crippen LogP contribution in [0, 0.1) is 0 Å². The van der Waals surface area contributed by atoms with Crippen molar-refractivity contribution in [1.29, 1.82) is 0 Å². The summed E-state index contributed by atoms with van der Waals surface area (Å²) in [6.07, 6.45) is 1.41. The van der Waals surface area contributed by atoms with Gasteiger partial charge in [-0.25, -0.2) is 8.42 Å². The van der Waals surface area contributed by atoms with Gasteiger partial charge in [-0.3, -0.25) is 9.69 Å². The zero-order chi connectivity index (χ0) is 20.1. The third-order valence-corrected chi connectivity index (χ3v) is 7.33. The highest BCUT2D eigenvalue weighted by Crippen LogP contribution is 2.22. The Balaban J connectivity index is 1.54. The zero-order valence-corrected chi connectivity index (χ0v) is 17.7. The molecule has 0 unspecified atom stereocenters. The quantitative estimate of drug-likeness (QED) is 0.675. The van der Waals surface area contributed by atoms with Crippen LogP contribution in [0.3, 0.4) is 0 Å². The molecule has 1 atom stereocenters. The minimum atomic E-state index is -2.99. The number of hydrogen-bond acceptors (Lipinski definition) is 6. The Kier molecular flexibility index (Phi) is 6.82. The van der Waals surface area contributed by atoms with Crippen molar-refractivity contribution in [3.8, 4) is 5.75 Å². The number of hydrogen-bond donors (Lipinski definition) is 0. The number of sulfone groups is 1. The maximum atomic E-state index is 12.9. The lowest BCUT2D eigenvalue weighted by Crippen LogP contribution is -2.52. The van der Waals surface area contributed by atoms with Crippen LogP contribution < -0.4 is 9.64 Å². The van der Waals surface area contributed by atoms with E-state index in [2.05, 4.69) is 15.9 Å². The second-order valence-corrected chi connectivity index (χ2v) is 9.84. The van der Waals surface area contributed by atoms with Crippen molar-refractivity contribution in [2.24, 2.45) is 0 Å². The standard InChI is InChI=1S/C20H31N3O4S/c1-3-8-23(18-7-13-28(25,26)16-18)20(24)15-21-9-11-22(12-10-21)17-5-4-6-19(14-17)27-2/h4-6,14,18H,3,7-13,15-16H2,1-2H3/t18-/m1/s1. The van der Waals surface area contributed by atoms with Crippen LogP contribution in [0.5, 0.6) is 5.75 Å². The molecule has 2 heterocycles. The number of benzene rings is 1. The number of rotatable bonds is 7. The van der Waals surface area contributed by atoms with Crippen molar-refractivity contribution < 1.29 is 17.9 Å². The molecule has 0 N–H and O–H groups in total. The van der Waals surface area contributed by atoms with Gasteiger partial charge >= 0.3 is 0 Å². The first-order valence-electron chi connectivity index (χ1n) is 10.0. The monoisotopic (exact) mass is 409 g/mol. The molecule has 3 rings (SSSR count). The van der Waals surface area contributed by atoms with E-state index in [1.807, 2.05) is 25.1 Å². The minimum Gasteiger partial charge on any atom is -0.497 e. The summed E-state index contributed by atoms with van der Waals surface area (Å²) in [5, 5.41) is 0. The summed E-state index contributed by atoms with van der Waals surface area (Å²) in [6, 6.07) is 7.87. The number of methoxy groups -OCH3 is 1. The van der Waals surface area contributed by atoms with E-state index in [4.69, 9.17) is 4.74 Å². The molecule has 0 spiro atoms. The average molecular weight is 410 g/mol. The minimum absolute atomic E-state index is 0.0544. The lowest BCUT2D eigenvalue weighted by Gasteiger charge is -2.37. The number of amides is 1. The summed E-state index contributed by atoms with van der Waals surface area (Å²) >= 11 is 0. The smallest absolute Gasteiger partial charge is 0.237 e. The molecule has 2 fully saturated rings. The fourth-order valence-corrected chi connectivity index (χ4v) is 5.76. The fourth-order valence-electron chi connectivity index (χ4n) is 4.03. The molecule has 0 bridgehead atoms. The molecule has 1 aromatic rings. The molecule has 2 saturated heterocycles. The lowest BCUT2D eigenvalue weighted by molar-refractivity contribution is -0.134. The van der Waals surface area contributed by atoms with E-state index in [1.54, 1.807) is 12.0 Å². The van der Waals surface area contributed by atoms with Crippen LogP contribution in [0.15, 0.2) is 24.3 Å². The average Bonchev–Trinajstić information content (AvgIpc) is 3.06. The number of carbonyl (C=O) groups is 1. The van der Waals surface area contributed by atoms with Crippen LogP contribution in [0.2, 0.25) is 0 Å². The van der Waals surface area contributed by atoms with Gasteiger partial charge in [-0.05, 0) is 25.0 Å². The van der Waals surface area contributed by atoms with Crippen molar-refractivity contribution in [3.63, 3.8) is 0 Å². The summed E-state index contributed by atoms with van der Waals surface area (Å²) in [7, 11) is -1.33. The number of anilines is 1. The van der Waals surface area contributed by atoms with E-state index in [9.17, 15) is 13.2 Å². The highest BCUT2D eigenvalue weighted by atomic mass is 32.2. The molecule has 8 heteroatoms. The van der Waals surface area contributed by atoms with Gasteiger partial charge in [0.15, 0.2) is 9.84 Å². The molecule has 2 aliphatic heterocycles. The summed E-state index contributed by atoms with van der Waals surface area (Å²) < 4.78 is 28.9. The lowest BCUT2D eigenvalue weighted by atomic mass is 10.2. The number of carbonyl (C=O) groups excluding carboxylic acids is 1. The van der Waals surface area contributed by atoms with Crippen LogP contribution in [-0.4, -0.2) is 88.1 Å². The Bertz CT molecular complexity index is 775. The summed E-state index contributed by atoms with van der Waals surface area (Å²) in [4.78, 5) is 19.2. The summed E-state index contributed by atoms with van der Waals surface area (Å²) in [5.41, 5.74) is 1.13. The van der Waals surface area contributed by atoms with Gasteiger partial charge in [0.25, 0.3) is 0 Å². The Morgan fingerprint density at radius 2 is 2.00 bits per heavy atom. The van der Waals surface area contributed by atoms with E-state index in [0.29, 0.717) is 19.5 Å². The molecule has 7 nitrogen and oxygen atoms in total. The Morgan fingerprint density at radius 1 is 1.25 bits per heavy atom. The largest absolute Gasteiger partial charge is 0.497 e. The highest BCUT2D eigenvalue weighted by Gasteiger charge is 2.34. The molecule has 1 amide bonds. The van der Waals surface area contributed by atoms with E-state index in [1.165, 1.54) is 0 Å². The van der Waals surface area contributed by atoms with Crippen LogP contribution >= 0.6 is 0 Å². The maximum Gasteiger partial charge on any atom is 0.237 e. The molecular formula is C20H31N3O4S. The van der Waals surface area contributed by atoms with E-state index in [0.717, 1.165) is 44.0 Å². The number of ether oxygens (including phenoxy) is 1. The molecule has 0 aromatic heterocycles. The Labute approximate surface area is 168 Å². The highest BCUT2D eigenvalue weighted by molar-refractivity contribution is 7.91. The Morgan fingerprint density at radius 3 is 2.61 bits per heavy atom. The third-order valence-electron chi connectivity index (χ3n) is 5.58. The molecule has 0 aliphatic carbocycles. The van der Waals surface area contributed by atoms with Crippen molar-refractivity contribution in [2.75, 3.05) is 62.8 Å². The first-order chi connectivity index (χ1) is 13.4. The van der Waals surface area contributed by atoms with Crippen molar-refractivity contribution in [2.45, 2.75) is 25.8 Å². The van der Waals surface area contributed by atoms with E-state index < -0.39 is 9.84 Å². The predicted octanol–water partition coefficient (Wildman–Crippen LogP) is 1.24. The van der Waals surface area contributed by atoms with Crippen molar-refractivity contribution in [3.05, 3.63) is 24.3 Å². The van der Waals surface area contributed by atoms with E-state index in [-0.39, 0.29) is 23.5 Å². The molecular weight excluding hydrogens is 378 g/mol. The first-order valence-corrected chi connectivity index (χ1v) is 11.8. The molecule has 1 aromatic carbocycles. The molecule has 2 aliphatic rings. The number of piperazine rings is 1. The van der Waals surface area contributed by atoms with E-state index >= 15 is 0 Å². The summed E-state index contributed by atoms with van der Waals surface area (Å²) in [6.45, 7) is 6.34. The van der Waals surface area contributed by atoms with Crippen molar-refractivity contribution in [1.82, 2.24) is 9.80 Å². The van der Waals surface area contributed by atoms with Gasteiger partial charge in [-0.1, -0.05) is 13.0 Å². The van der Waals surface area contributed by atoms with Gasteiger partial charge in [0, 0.05) is 50.5 Å². The van der Waals surface area contributed by atoms with Crippen LogP contribution in [-0.2, 0) is 14.6 Å². The van der Waals surface area contributed by atoms with Gasteiger partial charge in [-0.2, -0.15) is 0 Å².